The van der Waals surface area contributed by atoms with Gasteiger partial charge in [-0.2, -0.15) is 25.3 Å². The average Bonchev–Trinajstić information content (AvgIpc) is 2.42. The largest absolute Gasteiger partial charge is 0.466 e. The average molecular weight is 296 g/mol. The molecule has 0 atom stereocenters. The molecule has 0 saturated carbocycles. The Bertz CT molecular complexity index is 262. The van der Waals surface area contributed by atoms with E-state index >= 15 is 0 Å². The van der Waals surface area contributed by atoms with Crippen molar-refractivity contribution in [3.05, 3.63) is 12.7 Å². The summed E-state index contributed by atoms with van der Waals surface area (Å²) in [5, 5.41) is 0. The van der Waals surface area contributed by atoms with Gasteiger partial charge in [-0.3, -0.25) is 9.59 Å². The molecule has 0 aliphatic heterocycles. The zero-order chi connectivity index (χ0) is 14.4. The van der Waals surface area contributed by atoms with Crippen LogP contribution in [0.25, 0.3) is 0 Å². The van der Waals surface area contributed by atoms with Gasteiger partial charge in [0, 0.05) is 6.08 Å². The van der Waals surface area contributed by atoms with Crippen LogP contribution >= 0.6 is 25.3 Å². The summed E-state index contributed by atoms with van der Waals surface area (Å²) >= 11 is 7.36. The van der Waals surface area contributed by atoms with Crippen molar-refractivity contribution in [1.29, 1.82) is 0 Å². The van der Waals surface area contributed by atoms with Crippen molar-refractivity contribution in [2.75, 3.05) is 31.8 Å². The highest BCUT2D eigenvalue weighted by atomic mass is 32.1. The molecule has 0 spiro atoms. The van der Waals surface area contributed by atoms with Crippen LogP contribution in [0.4, 0.5) is 0 Å². The molecule has 104 valence electrons. The highest BCUT2D eigenvalue weighted by Gasteiger charge is 2.00. The Morgan fingerprint density at radius 2 is 1.44 bits per heavy atom. The number of carbonyl (C=O) groups excluding carboxylic acids is 3. The van der Waals surface area contributed by atoms with E-state index in [4.69, 9.17) is 0 Å². The third-order valence-electron chi connectivity index (χ3n) is 1.24. The Labute approximate surface area is 116 Å². The van der Waals surface area contributed by atoms with Crippen LogP contribution in [0.2, 0.25) is 0 Å². The number of esters is 3. The standard InChI is InChI=1S/C6H10O4S2.C4H6O2/c7-5(3-11)9-1-2-10-6(8)4-12;1-3-4(5)6-2/h11-12H,1-4H2;3H,1H2,2H3. The molecule has 0 unspecified atom stereocenters. The number of carbonyl (C=O) groups is 3. The van der Waals surface area contributed by atoms with Gasteiger partial charge in [0.1, 0.15) is 13.2 Å². The molecule has 0 aromatic rings. The van der Waals surface area contributed by atoms with Gasteiger partial charge in [0.25, 0.3) is 0 Å². The van der Waals surface area contributed by atoms with Crippen LogP contribution in [0.1, 0.15) is 0 Å². The Hall–Kier alpha value is -1.15. The first-order chi connectivity index (χ1) is 8.51. The van der Waals surface area contributed by atoms with Crippen LogP contribution in [-0.4, -0.2) is 49.7 Å². The predicted octanol–water partition coefficient (Wildman–Crippen LogP) is 0.278. The van der Waals surface area contributed by atoms with Crippen LogP contribution in [0.15, 0.2) is 12.7 Å². The number of hydrogen-bond acceptors (Lipinski definition) is 8. The van der Waals surface area contributed by atoms with E-state index in [1.807, 2.05) is 0 Å². The lowest BCUT2D eigenvalue weighted by molar-refractivity contribution is -0.148. The van der Waals surface area contributed by atoms with Crippen molar-refractivity contribution in [2.24, 2.45) is 0 Å². The quantitative estimate of drug-likeness (QED) is 0.241. The van der Waals surface area contributed by atoms with Gasteiger partial charge < -0.3 is 14.2 Å². The van der Waals surface area contributed by atoms with E-state index in [9.17, 15) is 14.4 Å². The fraction of sp³-hybridized carbons (Fsp3) is 0.500. The zero-order valence-electron chi connectivity index (χ0n) is 9.96. The second-order valence-electron chi connectivity index (χ2n) is 2.48. The molecule has 0 amide bonds. The second kappa shape index (κ2) is 13.9. The molecular weight excluding hydrogens is 280 g/mol. The summed E-state index contributed by atoms with van der Waals surface area (Å²) in [5.74, 6) is -1.20. The summed E-state index contributed by atoms with van der Waals surface area (Å²) in [6, 6.07) is 0. The topological polar surface area (TPSA) is 78.9 Å². The van der Waals surface area contributed by atoms with E-state index in [1.54, 1.807) is 0 Å². The molecule has 8 heteroatoms. The van der Waals surface area contributed by atoms with Crippen molar-refractivity contribution in [3.63, 3.8) is 0 Å². The minimum atomic E-state index is -0.430. The molecule has 6 nitrogen and oxygen atoms in total. The lowest BCUT2D eigenvalue weighted by atomic mass is 10.7. The van der Waals surface area contributed by atoms with E-state index in [-0.39, 0.29) is 24.7 Å². The first kappa shape index (κ1) is 19.2. The fourth-order valence-corrected chi connectivity index (χ4v) is 0.668. The van der Waals surface area contributed by atoms with Crippen LogP contribution < -0.4 is 0 Å². The monoisotopic (exact) mass is 296 g/mol. The third kappa shape index (κ3) is 14.9. The number of thiol groups is 2. The lowest BCUT2D eigenvalue weighted by Crippen LogP contribution is -2.14. The van der Waals surface area contributed by atoms with Gasteiger partial charge in [-0.1, -0.05) is 6.58 Å². The van der Waals surface area contributed by atoms with Gasteiger partial charge in [0.05, 0.1) is 18.6 Å². The van der Waals surface area contributed by atoms with Crippen LogP contribution in [0, 0.1) is 0 Å². The lowest BCUT2D eigenvalue weighted by Gasteiger charge is -2.03. The minimum absolute atomic E-state index is 0.0283. The van der Waals surface area contributed by atoms with Crippen LogP contribution in [0.3, 0.4) is 0 Å². The molecule has 0 aliphatic rings. The van der Waals surface area contributed by atoms with Crippen LogP contribution in [-0.2, 0) is 28.6 Å². The van der Waals surface area contributed by atoms with Crippen molar-refractivity contribution in [2.45, 2.75) is 0 Å². The summed E-state index contributed by atoms with van der Waals surface area (Å²) < 4.78 is 13.3. The van der Waals surface area contributed by atoms with Crippen molar-refractivity contribution < 1.29 is 28.6 Å². The van der Waals surface area contributed by atoms with E-state index in [1.165, 1.54) is 7.11 Å². The maximum absolute atomic E-state index is 10.5. The van der Waals surface area contributed by atoms with Gasteiger partial charge >= 0.3 is 17.9 Å². The SMILES string of the molecule is C=CC(=O)OC.O=C(CS)OCCOC(=O)CS. The second-order valence-corrected chi connectivity index (χ2v) is 3.12. The van der Waals surface area contributed by atoms with Gasteiger partial charge in [0.15, 0.2) is 0 Å². The normalized spacial score (nSPS) is 8.39. The molecule has 0 aromatic carbocycles. The highest BCUT2D eigenvalue weighted by molar-refractivity contribution is 7.81. The number of hydrogen-bond donors (Lipinski definition) is 2. The highest BCUT2D eigenvalue weighted by Crippen LogP contribution is 1.85. The molecule has 0 radical (unpaired) electrons. The Morgan fingerprint density at radius 3 is 1.61 bits per heavy atom. The third-order valence-corrected chi connectivity index (χ3v) is 1.75. The molecule has 18 heavy (non-hydrogen) atoms. The fourth-order valence-electron chi connectivity index (χ4n) is 0.486. The van der Waals surface area contributed by atoms with E-state index in [2.05, 4.69) is 46.0 Å². The van der Waals surface area contributed by atoms with E-state index in [0.29, 0.717) is 0 Å². The predicted molar refractivity (Wildman–Crippen MR) is 71.8 cm³/mol. The molecule has 0 rings (SSSR count). The van der Waals surface area contributed by atoms with Crippen molar-refractivity contribution in [1.82, 2.24) is 0 Å². The first-order valence-corrected chi connectivity index (χ1v) is 6.01. The van der Waals surface area contributed by atoms with Crippen molar-refractivity contribution in [3.8, 4) is 0 Å². The number of rotatable bonds is 6. The summed E-state index contributed by atoms with van der Waals surface area (Å²) in [7, 11) is 1.31. The van der Waals surface area contributed by atoms with Gasteiger partial charge in [-0.15, -0.1) is 0 Å². The van der Waals surface area contributed by atoms with Gasteiger partial charge in [-0.05, 0) is 0 Å². The molecule has 0 aliphatic carbocycles. The van der Waals surface area contributed by atoms with E-state index < -0.39 is 17.9 Å². The summed E-state index contributed by atoms with van der Waals surface area (Å²) in [4.78, 5) is 30.8. The van der Waals surface area contributed by atoms with E-state index in [0.717, 1.165) is 6.08 Å². The zero-order valence-corrected chi connectivity index (χ0v) is 11.7. The van der Waals surface area contributed by atoms with Gasteiger partial charge in [-0.25, -0.2) is 4.79 Å². The van der Waals surface area contributed by atoms with Crippen LogP contribution in [0.5, 0.6) is 0 Å². The molecule has 0 heterocycles. The molecule has 0 bridgehead atoms. The maximum Gasteiger partial charge on any atom is 0.329 e. The first-order valence-electron chi connectivity index (χ1n) is 4.75. The summed E-state index contributed by atoms with van der Waals surface area (Å²) in [5.41, 5.74) is 0. The Balaban J connectivity index is 0. The minimum Gasteiger partial charge on any atom is -0.466 e. The maximum atomic E-state index is 10.5. The number of ether oxygens (including phenoxy) is 3. The smallest absolute Gasteiger partial charge is 0.329 e. The van der Waals surface area contributed by atoms with Gasteiger partial charge in [0.2, 0.25) is 0 Å². The van der Waals surface area contributed by atoms with Crippen molar-refractivity contribution >= 4 is 43.2 Å². The summed E-state index contributed by atoms with van der Waals surface area (Å²) in [6.45, 7) is 3.29. The molecule has 0 aromatic heterocycles. The number of methoxy groups -OCH3 is 1. The summed E-state index contributed by atoms with van der Waals surface area (Å²) in [6.07, 6.45) is 1.11. The molecule has 0 N–H and O–H groups in total. The Morgan fingerprint density at radius 1 is 1.06 bits per heavy atom. The molecular formula is C10H16O6S2. The molecule has 0 fully saturated rings. The molecule has 0 saturated heterocycles. The Kier molecular flexibility index (Phi) is 14.8.